The average Bonchev–Trinajstić information content (AvgIpc) is 3.21. The number of pyridine rings is 1. The number of rotatable bonds is 3. The number of aromatic nitrogens is 3. The maximum Gasteiger partial charge on any atom is 0.137 e. The lowest BCUT2D eigenvalue weighted by Crippen LogP contribution is -2.46. The van der Waals surface area contributed by atoms with E-state index in [4.69, 9.17) is 11.6 Å². The molecule has 0 saturated carbocycles. The first-order valence-electron chi connectivity index (χ1n) is 10.9. The fraction of sp³-hybridized carbons (Fsp3) is 0.522. The van der Waals surface area contributed by atoms with E-state index >= 15 is 0 Å². The zero-order chi connectivity index (χ0) is 20.9. The van der Waals surface area contributed by atoms with Gasteiger partial charge in [0.25, 0.3) is 0 Å². The van der Waals surface area contributed by atoms with Gasteiger partial charge in [0.1, 0.15) is 17.3 Å². The molecule has 6 nitrogen and oxygen atoms in total. The van der Waals surface area contributed by atoms with Crippen LogP contribution in [0.2, 0.25) is 5.15 Å². The second kappa shape index (κ2) is 7.50. The summed E-state index contributed by atoms with van der Waals surface area (Å²) < 4.78 is 0. The lowest BCUT2D eigenvalue weighted by molar-refractivity contribution is 0.0124. The highest BCUT2D eigenvalue weighted by Gasteiger charge is 2.34. The van der Waals surface area contributed by atoms with Crippen molar-refractivity contribution in [2.24, 2.45) is 0 Å². The first-order chi connectivity index (χ1) is 14.5. The minimum Gasteiger partial charge on any atom is -0.390 e. The summed E-state index contributed by atoms with van der Waals surface area (Å²) in [4.78, 5) is 18.6. The number of hydrogen-bond acceptors (Lipinski definition) is 6. The molecule has 0 radical (unpaired) electrons. The van der Waals surface area contributed by atoms with Crippen molar-refractivity contribution in [2.75, 3.05) is 22.9 Å². The molecule has 0 amide bonds. The number of aliphatic hydroxyl groups is 1. The average molecular weight is 426 g/mol. The Labute approximate surface area is 182 Å². The molecule has 1 atom stereocenters. The number of hydrogen-bond donors (Lipinski definition) is 1. The first kappa shape index (κ1) is 19.8. The number of fused-ring (bicyclic) bond motifs is 2. The van der Waals surface area contributed by atoms with Crippen LogP contribution in [0.25, 0.3) is 6.08 Å². The summed E-state index contributed by atoms with van der Waals surface area (Å²) in [5.41, 5.74) is 5.17. The third kappa shape index (κ3) is 3.36. The van der Waals surface area contributed by atoms with Crippen molar-refractivity contribution >= 4 is 29.2 Å². The van der Waals surface area contributed by atoms with E-state index in [-0.39, 0.29) is 0 Å². The summed E-state index contributed by atoms with van der Waals surface area (Å²) in [5.74, 6) is 1.02. The molecule has 2 aliphatic heterocycles. The predicted octanol–water partition coefficient (Wildman–Crippen LogP) is 3.79. The maximum atomic E-state index is 10.6. The van der Waals surface area contributed by atoms with Gasteiger partial charge in [0.05, 0.1) is 17.0 Å². The van der Waals surface area contributed by atoms with Crippen molar-refractivity contribution in [3.63, 3.8) is 0 Å². The molecule has 1 fully saturated rings. The molecule has 5 rings (SSSR count). The van der Waals surface area contributed by atoms with Crippen LogP contribution < -0.4 is 9.80 Å². The molecule has 0 aromatic carbocycles. The van der Waals surface area contributed by atoms with Gasteiger partial charge in [-0.25, -0.2) is 15.0 Å². The van der Waals surface area contributed by atoms with E-state index in [1.54, 1.807) is 6.33 Å². The van der Waals surface area contributed by atoms with E-state index in [1.165, 1.54) is 11.1 Å². The fourth-order valence-corrected chi connectivity index (χ4v) is 5.20. The van der Waals surface area contributed by atoms with Gasteiger partial charge in [0, 0.05) is 55.3 Å². The molecular weight excluding hydrogens is 398 g/mol. The standard InChI is InChI=1S/C23H28ClN5O/c1-3-23(30)7-9-28(10-8-23)22-17-13-29(15(2)11-19(17)25-14-26-22)20-12-21(24)27-18-6-4-5-16(18)20/h4-5,12,14-15,30H,3,6-11,13H2,1-2H3/t15-/m1/s1. The van der Waals surface area contributed by atoms with Crippen molar-refractivity contribution in [3.05, 3.63) is 46.1 Å². The molecule has 0 spiro atoms. The van der Waals surface area contributed by atoms with E-state index < -0.39 is 5.60 Å². The van der Waals surface area contributed by atoms with Gasteiger partial charge in [0.2, 0.25) is 0 Å². The lowest BCUT2D eigenvalue weighted by atomic mass is 9.88. The molecule has 7 heteroatoms. The molecule has 1 saturated heterocycles. The molecule has 4 heterocycles. The topological polar surface area (TPSA) is 65.4 Å². The normalized spacial score (nSPS) is 22.2. The quantitative estimate of drug-likeness (QED) is 0.755. The monoisotopic (exact) mass is 425 g/mol. The van der Waals surface area contributed by atoms with Crippen molar-refractivity contribution in [2.45, 2.75) is 64.1 Å². The molecule has 1 aliphatic carbocycles. The molecule has 3 aliphatic rings. The third-order valence-electron chi connectivity index (χ3n) is 7.00. The highest BCUT2D eigenvalue weighted by Crippen LogP contribution is 2.38. The summed E-state index contributed by atoms with van der Waals surface area (Å²) in [6, 6.07) is 2.30. The zero-order valence-electron chi connectivity index (χ0n) is 17.6. The van der Waals surface area contributed by atoms with Crippen LogP contribution in [-0.2, 0) is 19.4 Å². The van der Waals surface area contributed by atoms with Crippen LogP contribution in [0.5, 0.6) is 0 Å². The largest absolute Gasteiger partial charge is 0.390 e. The zero-order valence-corrected chi connectivity index (χ0v) is 18.4. The summed E-state index contributed by atoms with van der Waals surface area (Å²) in [6.07, 6.45) is 10.1. The fourth-order valence-electron chi connectivity index (χ4n) is 5.00. The third-order valence-corrected chi connectivity index (χ3v) is 7.20. The van der Waals surface area contributed by atoms with E-state index in [1.807, 2.05) is 6.07 Å². The van der Waals surface area contributed by atoms with Gasteiger partial charge >= 0.3 is 0 Å². The smallest absolute Gasteiger partial charge is 0.137 e. The number of anilines is 2. The van der Waals surface area contributed by atoms with E-state index in [0.29, 0.717) is 11.2 Å². The van der Waals surface area contributed by atoms with Crippen molar-refractivity contribution in [3.8, 4) is 0 Å². The van der Waals surface area contributed by atoms with Crippen molar-refractivity contribution in [1.29, 1.82) is 0 Å². The van der Waals surface area contributed by atoms with Crippen LogP contribution >= 0.6 is 11.6 Å². The highest BCUT2D eigenvalue weighted by molar-refractivity contribution is 6.29. The van der Waals surface area contributed by atoms with Gasteiger partial charge in [-0.05, 0) is 32.3 Å². The van der Waals surface area contributed by atoms with Gasteiger partial charge in [-0.15, -0.1) is 0 Å². The molecule has 158 valence electrons. The van der Waals surface area contributed by atoms with E-state index in [0.717, 1.165) is 74.6 Å². The van der Waals surface area contributed by atoms with Crippen LogP contribution in [-0.4, -0.2) is 44.8 Å². The summed E-state index contributed by atoms with van der Waals surface area (Å²) in [5, 5.41) is 11.2. The van der Waals surface area contributed by atoms with Gasteiger partial charge < -0.3 is 14.9 Å². The molecule has 0 bridgehead atoms. The Kier molecular flexibility index (Phi) is 4.94. The Morgan fingerprint density at radius 3 is 2.80 bits per heavy atom. The minimum atomic E-state index is -0.537. The number of allylic oxidation sites excluding steroid dienone is 1. The van der Waals surface area contributed by atoms with Crippen molar-refractivity contribution < 1.29 is 5.11 Å². The summed E-state index contributed by atoms with van der Waals surface area (Å²) in [7, 11) is 0. The Morgan fingerprint density at radius 1 is 1.23 bits per heavy atom. The van der Waals surface area contributed by atoms with Crippen LogP contribution in [0.15, 0.2) is 18.5 Å². The highest BCUT2D eigenvalue weighted by atomic mass is 35.5. The molecule has 30 heavy (non-hydrogen) atoms. The first-order valence-corrected chi connectivity index (χ1v) is 11.3. The second-order valence-corrected chi connectivity index (χ2v) is 9.19. The lowest BCUT2D eigenvalue weighted by Gasteiger charge is -2.41. The van der Waals surface area contributed by atoms with Gasteiger partial charge in [0.15, 0.2) is 0 Å². The van der Waals surface area contributed by atoms with E-state index in [9.17, 15) is 5.11 Å². The predicted molar refractivity (Wildman–Crippen MR) is 120 cm³/mol. The van der Waals surface area contributed by atoms with Gasteiger partial charge in [-0.3, -0.25) is 0 Å². The molecule has 2 aromatic heterocycles. The Balaban J connectivity index is 1.49. The SMILES string of the molecule is CCC1(O)CCN(c2ncnc3c2CN(c2cc(Cl)nc4c2C=CC4)[C@H](C)C3)CC1. The summed E-state index contributed by atoms with van der Waals surface area (Å²) in [6.45, 7) is 6.70. The number of piperidine rings is 1. The molecule has 0 unspecified atom stereocenters. The van der Waals surface area contributed by atoms with Crippen LogP contribution in [0.3, 0.4) is 0 Å². The van der Waals surface area contributed by atoms with Crippen LogP contribution in [0.1, 0.15) is 55.6 Å². The Morgan fingerprint density at radius 2 is 2.03 bits per heavy atom. The maximum absolute atomic E-state index is 10.6. The summed E-state index contributed by atoms with van der Waals surface area (Å²) >= 11 is 6.37. The second-order valence-electron chi connectivity index (χ2n) is 8.80. The number of halogens is 1. The Hall–Kier alpha value is -2.18. The Bertz CT molecular complexity index is 999. The van der Waals surface area contributed by atoms with Crippen LogP contribution in [0, 0.1) is 0 Å². The van der Waals surface area contributed by atoms with Crippen molar-refractivity contribution in [1.82, 2.24) is 15.0 Å². The van der Waals surface area contributed by atoms with Gasteiger partial charge in [-0.1, -0.05) is 30.7 Å². The van der Waals surface area contributed by atoms with E-state index in [2.05, 4.69) is 50.8 Å². The molecule has 1 N–H and O–H groups in total. The van der Waals surface area contributed by atoms with Gasteiger partial charge in [-0.2, -0.15) is 0 Å². The minimum absolute atomic E-state index is 0.309. The van der Waals surface area contributed by atoms with Crippen LogP contribution in [0.4, 0.5) is 11.5 Å². The number of nitrogens with zero attached hydrogens (tertiary/aromatic N) is 5. The molecule has 2 aromatic rings. The molecular formula is C23H28ClN5O.